The van der Waals surface area contributed by atoms with E-state index in [1.54, 1.807) is 0 Å². The first-order chi connectivity index (χ1) is 7.45. The quantitative estimate of drug-likeness (QED) is 0.731. The Morgan fingerprint density at radius 1 is 1.19 bits per heavy atom. The number of hydrogen-bond acceptors (Lipinski definition) is 1. The summed E-state index contributed by atoms with van der Waals surface area (Å²) in [6.07, 6.45) is 3.84. The van der Waals surface area contributed by atoms with E-state index < -0.39 is 0 Å². The van der Waals surface area contributed by atoms with Gasteiger partial charge in [0, 0.05) is 5.69 Å². The molecule has 0 heterocycles. The summed E-state index contributed by atoms with van der Waals surface area (Å²) in [5.41, 5.74) is 8.21. The van der Waals surface area contributed by atoms with Gasteiger partial charge in [-0.2, -0.15) is 0 Å². The molecule has 0 saturated heterocycles. The number of benzene rings is 1. The second-order valence-electron chi connectivity index (χ2n) is 5.60. The Balaban J connectivity index is 2.72. The number of nitrogen functional groups attached to an aromatic ring is 1. The van der Waals surface area contributed by atoms with E-state index in [1.165, 1.54) is 24.8 Å². The van der Waals surface area contributed by atoms with Gasteiger partial charge in [0.05, 0.1) is 0 Å². The van der Waals surface area contributed by atoms with Crippen molar-refractivity contribution >= 4 is 5.69 Å². The Morgan fingerprint density at radius 2 is 1.75 bits per heavy atom. The van der Waals surface area contributed by atoms with Gasteiger partial charge in [0.1, 0.15) is 0 Å². The molecule has 0 aliphatic rings. The minimum atomic E-state index is 0.252. The van der Waals surface area contributed by atoms with E-state index in [1.807, 2.05) is 12.1 Å². The van der Waals surface area contributed by atoms with Gasteiger partial charge in [0.15, 0.2) is 0 Å². The lowest BCUT2D eigenvalue weighted by Crippen LogP contribution is -2.20. The Morgan fingerprint density at radius 3 is 2.25 bits per heavy atom. The zero-order valence-electron chi connectivity index (χ0n) is 11.1. The molecule has 2 N–H and O–H groups in total. The number of nitrogens with two attached hydrogens (primary N) is 1. The molecular formula is C15H25N. The summed E-state index contributed by atoms with van der Waals surface area (Å²) in [5, 5.41) is 0. The molecule has 0 aliphatic carbocycles. The average molecular weight is 219 g/mol. The molecule has 0 saturated carbocycles. The van der Waals surface area contributed by atoms with E-state index in [9.17, 15) is 0 Å². The monoisotopic (exact) mass is 219 g/mol. The molecule has 0 bridgehead atoms. The normalized spacial score (nSPS) is 13.8. The van der Waals surface area contributed by atoms with Gasteiger partial charge in [0.25, 0.3) is 0 Å². The van der Waals surface area contributed by atoms with Crippen LogP contribution in [0.4, 0.5) is 5.69 Å². The molecule has 1 aromatic carbocycles. The van der Waals surface area contributed by atoms with Crippen LogP contribution in [0.5, 0.6) is 0 Å². The molecule has 1 nitrogen and oxygen atoms in total. The summed E-state index contributed by atoms with van der Waals surface area (Å²) >= 11 is 0. The molecule has 1 atom stereocenters. The fourth-order valence-electron chi connectivity index (χ4n) is 2.52. The molecule has 0 radical (unpaired) electrons. The standard InChI is InChI=1S/C15H25N/c1-5-6-12(2)11-15(3,4)13-7-9-14(16)10-8-13/h7-10,12H,5-6,11,16H2,1-4H3. The van der Waals surface area contributed by atoms with Crippen LogP contribution in [0.25, 0.3) is 0 Å². The Hall–Kier alpha value is -0.980. The average Bonchev–Trinajstić information content (AvgIpc) is 2.17. The largest absolute Gasteiger partial charge is 0.399 e. The van der Waals surface area contributed by atoms with Gasteiger partial charge in [-0.25, -0.2) is 0 Å². The highest BCUT2D eigenvalue weighted by Crippen LogP contribution is 2.32. The smallest absolute Gasteiger partial charge is 0.0314 e. The van der Waals surface area contributed by atoms with Crippen LogP contribution in [-0.2, 0) is 5.41 Å². The van der Waals surface area contributed by atoms with Crippen LogP contribution >= 0.6 is 0 Å². The molecule has 0 fully saturated rings. The lowest BCUT2D eigenvalue weighted by molar-refractivity contribution is 0.361. The molecule has 1 heteroatoms. The molecule has 0 amide bonds. The van der Waals surface area contributed by atoms with E-state index in [-0.39, 0.29) is 5.41 Å². The summed E-state index contributed by atoms with van der Waals surface area (Å²) in [4.78, 5) is 0. The van der Waals surface area contributed by atoms with Crippen molar-refractivity contribution in [3.63, 3.8) is 0 Å². The fourth-order valence-corrected chi connectivity index (χ4v) is 2.52. The molecule has 16 heavy (non-hydrogen) atoms. The van der Waals surface area contributed by atoms with Gasteiger partial charge >= 0.3 is 0 Å². The van der Waals surface area contributed by atoms with Gasteiger partial charge < -0.3 is 5.73 Å². The Bertz CT molecular complexity index is 311. The predicted molar refractivity (Wildman–Crippen MR) is 72.6 cm³/mol. The van der Waals surface area contributed by atoms with Gasteiger partial charge in [-0.15, -0.1) is 0 Å². The molecule has 1 rings (SSSR count). The maximum atomic E-state index is 5.72. The van der Waals surface area contributed by atoms with E-state index in [0.29, 0.717) is 0 Å². The highest BCUT2D eigenvalue weighted by molar-refractivity contribution is 5.41. The van der Waals surface area contributed by atoms with E-state index in [2.05, 4.69) is 39.8 Å². The third-order valence-corrected chi connectivity index (χ3v) is 3.33. The van der Waals surface area contributed by atoms with Gasteiger partial charge in [0.2, 0.25) is 0 Å². The highest BCUT2D eigenvalue weighted by atomic mass is 14.5. The zero-order valence-corrected chi connectivity index (χ0v) is 11.1. The predicted octanol–water partition coefficient (Wildman–Crippen LogP) is 4.37. The van der Waals surface area contributed by atoms with Gasteiger partial charge in [-0.1, -0.05) is 52.7 Å². The molecule has 0 aliphatic heterocycles. The molecule has 1 unspecified atom stereocenters. The van der Waals surface area contributed by atoms with Crippen molar-refractivity contribution in [2.45, 2.75) is 52.4 Å². The van der Waals surface area contributed by atoms with Crippen molar-refractivity contribution in [3.05, 3.63) is 29.8 Å². The van der Waals surface area contributed by atoms with Crippen LogP contribution in [0.15, 0.2) is 24.3 Å². The molecule has 1 aromatic rings. The number of rotatable bonds is 5. The third-order valence-electron chi connectivity index (χ3n) is 3.33. The first-order valence-corrected chi connectivity index (χ1v) is 6.31. The van der Waals surface area contributed by atoms with Crippen LogP contribution in [0, 0.1) is 5.92 Å². The Labute approximate surface area is 100 Å². The van der Waals surface area contributed by atoms with Crippen molar-refractivity contribution in [3.8, 4) is 0 Å². The second-order valence-corrected chi connectivity index (χ2v) is 5.60. The molecular weight excluding hydrogens is 194 g/mol. The summed E-state index contributed by atoms with van der Waals surface area (Å²) in [7, 11) is 0. The molecule has 90 valence electrons. The van der Waals surface area contributed by atoms with Crippen molar-refractivity contribution in [2.24, 2.45) is 5.92 Å². The van der Waals surface area contributed by atoms with Crippen molar-refractivity contribution in [2.75, 3.05) is 5.73 Å². The van der Waals surface area contributed by atoms with Crippen molar-refractivity contribution in [1.82, 2.24) is 0 Å². The first kappa shape index (κ1) is 13.1. The fraction of sp³-hybridized carbons (Fsp3) is 0.600. The number of hydrogen-bond donors (Lipinski definition) is 1. The van der Waals surface area contributed by atoms with E-state index in [0.717, 1.165) is 11.6 Å². The van der Waals surface area contributed by atoms with Crippen LogP contribution in [-0.4, -0.2) is 0 Å². The first-order valence-electron chi connectivity index (χ1n) is 6.31. The minimum absolute atomic E-state index is 0.252. The minimum Gasteiger partial charge on any atom is -0.399 e. The molecule has 0 spiro atoms. The maximum absolute atomic E-state index is 5.72. The lowest BCUT2D eigenvalue weighted by Gasteiger charge is -2.28. The lowest BCUT2D eigenvalue weighted by atomic mass is 9.76. The SMILES string of the molecule is CCCC(C)CC(C)(C)c1ccc(N)cc1. The second kappa shape index (κ2) is 5.38. The summed E-state index contributed by atoms with van der Waals surface area (Å²) in [6, 6.07) is 8.32. The summed E-state index contributed by atoms with van der Waals surface area (Å²) < 4.78 is 0. The summed E-state index contributed by atoms with van der Waals surface area (Å²) in [6.45, 7) is 9.25. The summed E-state index contributed by atoms with van der Waals surface area (Å²) in [5.74, 6) is 0.789. The zero-order chi connectivity index (χ0) is 12.2. The van der Waals surface area contributed by atoms with Crippen molar-refractivity contribution < 1.29 is 0 Å². The van der Waals surface area contributed by atoms with E-state index in [4.69, 9.17) is 5.73 Å². The van der Waals surface area contributed by atoms with Gasteiger partial charge in [-0.05, 0) is 35.4 Å². The maximum Gasteiger partial charge on any atom is 0.0314 e. The van der Waals surface area contributed by atoms with Crippen LogP contribution < -0.4 is 5.73 Å². The number of anilines is 1. The van der Waals surface area contributed by atoms with Crippen LogP contribution in [0.2, 0.25) is 0 Å². The topological polar surface area (TPSA) is 26.0 Å². The Kier molecular flexibility index (Phi) is 4.40. The van der Waals surface area contributed by atoms with Gasteiger partial charge in [-0.3, -0.25) is 0 Å². The van der Waals surface area contributed by atoms with Crippen LogP contribution in [0.1, 0.15) is 52.5 Å². The van der Waals surface area contributed by atoms with E-state index >= 15 is 0 Å². The molecule has 0 aromatic heterocycles. The highest BCUT2D eigenvalue weighted by Gasteiger charge is 2.22. The van der Waals surface area contributed by atoms with Crippen molar-refractivity contribution in [1.29, 1.82) is 0 Å². The van der Waals surface area contributed by atoms with Crippen LogP contribution in [0.3, 0.4) is 0 Å². The third kappa shape index (κ3) is 3.55.